The first-order valence-electron chi connectivity index (χ1n) is 8.46. The number of rotatable bonds is 5. The predicted molar refractivity (Wildman–Crippen MR) is 97.6 cm³/mol. The number of hydrogen-bond acceptors (Lipinski definition) is 3. The first-order valence-corrected chi connectivity index (χ1v) is 9.90. The highest BCUT2D eigenvalue weighted by molar-refractivity contribution is 7.89. The van der Waals surface area contributed by atoms with E-state index in [4.69, 9.17) is 0 Å². The van der Waals surface area contributed by atoms with Gasteiger partial charge in [0.25, 0.3) is 0 Å². The second-order valence-electron chi connectivity index (χ2n) is 6.41. The Morgan fingerprint density at radius 1 is 1.25 bits per heavy atom. The molecule has 0 spiro atoms. The molecule has 0 bridgehead atoms. The number of nitrogens with one attached hydrogen (secondary N) is 2. The predicted octanol–water partition coefficient (Wildman–Crippen LogP) is 1.66. The van der Waals surface area contributed by atoms with Crippen LogP contribution in [0.25, 0.3) is 0 Å². The quantitative estimate of drug-likeness (QED) is 0.624. The van der Waals surface area contributed by atoms with Crippen LogP contribution in [0.5, 0.6) is 0 Å². The molecule has 134 valence electrons. The van der Waals surface area contributed by atoms with E-state index in [0.717, 1.165) is 25.3 Å². The molecule has 0 amide bonds. The average molecular weight is 353 g/mol. The summed E-state index contributed by atoms with van der Waals surface area (Å²) in [5.74, 6) is 1.25. The number of hydrogen-bond donors (Lipinski definition) is 2. The van der Waals surface area contributed by atoms with Gasteiger partial charge in [-0.2, -0.15) is 4.31 Å². The summed E-state index contributed by atoms with van der Waals surface area (Å²) in [7, 11) is -1.60. The van der Waals surface area contributed by atoms with Crippen LogP contribution in [0.3, 0.4) is 0 Å². The van der Waals surface area contributed by atoms with Gasteiger partial charge < -0.3 is 10.6 Å². The molecule has 6 nitrogen and oxygen atoms in total. The second-order valence-corrected chi connectivity index (χ2v) is 8.35. The molecular weight excluding hydrogens is 324 g/mol. The molecule has 24 heavy (non-hydrogen) atoms. The van der Waals surface area contributed by atoms with E-state index in [9.17, 15) is 8.42 Å². The molecule has 0 aliphatic carbocycles. The third kappa shape index (κ3) is 4.95. The summed E-state index contributed by atoms with van der Waals surface area (Å²) in [5.41, 5.74) is 0. The van der Waals surface area contributed by atoms with Crippen LogP contribution in [-0.2, 0) is 10.0 Å². The van der Waals surface area contributed by atoms with Crippen molar-refractivity contribution in [1.82, 2.24) is 14.9 Å². The molecule has 1 heterocycles. The van der Waals surface area contributed by atoms with E-state index >= 15 is 0 Å². The Bertz CT molecular complexity index is 636. The van der Waals surface area contributed by atoms with Gasteiger partial charge in [0.15, 0.2) is 5.96 Å². The Kier molecular flexibility index (Phi) is 6.62. The number of aliphatic imine (C=N–C) groups is 1. The van der Waals surface area contributed by atoms with Gasteiger partial charge >= 0.3 is 0 Å². The van der Waals surface area contributed by atoms with Crippen molar-refractivity contribution in [2.45, 2.75) is 37.6 Å². The Balaban J connectivity index is 1.85. The van der Waals surface area contributed by atoms with E-state index in [2.05, 4.69) is 29.5 Å². The Morgan fingerprint density at radius 2 is 1.88 bits per heavy atom. The van der Waals surface area contributed by atoms with Gasteiger partial charge in [0.2, 0.25) is 10.0 Å². The Labute approximate surface area is 145 Å². The van der Waals surface area contributed by atoms with Crippen molar-refractivity contribution < 1.29 is 8.42 Å². The lowest BCUT2D eigenvalue weighted by Crippen LogP contribution is -2.45. The summed E-state index contributed by atoms with van der Waals surface area (Å²) in [6.07, 6.45) is 1.72. The van der Waals surface area contributed by atoms with Crippen LogP contribution in [-0.4, -0.2) is 51.4 Å². The van der Waals surface area contributed by atoms with E-state index in [-0.39, 0.29) is 0 Å². The maximum atomic E-state index is 12.6. The van der Waals surface area contributed by atoms with Crippen LogP contribution in [0.4, 0.5) is 0 Å². The van der Waals surface area contributed by atoms with Gasteiger partial charge in [-0.3, -0.25) is 4.99 Å². The van der Waals surface area contributed by atoms with Crippen LogP contribution >= 0.6 is 0 Å². The molecule has 1 saturated heterocycles. The first kappa shape index (κ1) is 18.7. The monoisotopic (exact) mass is 352 g/mol. The minimum atomic E-state index is -3.36. The smallest absolute Gasteiger partial charge is 0.243 e. The highest BCUT2D eigenvalue weighted by Gasteiger charge is 2.29. The normalized spacial score (nSPS) is 17.9. The minimum Gasteiger partial charge on any atom is -0.356 e. The van der Waals surface area contributed by atoms with E-state index in [1.54, 1.807) is 35.6 Å². The summed E-state index contributed by atoms with van der Waals surface area (Å²) in [4.78, 5) is 4.57. The fourth-order valence-electron chi connectivity index (χ4n) is 2.80. The average Bonchev–Trinajstić information content (AvgIpc) is 2.59. The molecule has 7 heteroatoms. The third-order valence-electron chi connectivity index (χ3n) is 4.16. The lowest BCUT2D eigenvalue weighted by Gasteiger charge is -2.31. The molecule has 1 aromatic rings. The largest absolute Gasteiger partial charge is 0.356 e. The van der Waals surface area contributed by atoms with Crippen molar-refractivity contribution in [3.05, 3.63) is 30.3 Å². The molecule has 1 aliphatic rings. The highest BCUT2D eigenvalue weighted by Crippen LogP contribution is 2.23. The zero-order valence-electron chi connectivity index (χ0n) is 14.7. The molecule has 0 radical (unpaired) electrons. The lowest BCUT2D eigenvalue weighted by molar-refractivity contribution is 0.273. The third-order valence-corrected chi connectivity index (χ3v) is 6.07. The van der Waals surface area contributed by atoms with Crippen molar-refractivity contribution in [3.63, 3.8) is 0 Å². The van der Waals surface area contributed by atoms with Crippen LogP contribution < -0.4 is 10.6 Å². The van der Waals surface area contributed by atoms with Crippen molar-refractivity contribution in [3.8, 4) is 0 Å². The van der Waals surface area contributed by atoms with Crippen LogP contribution in [0, 0.1) is 5.92 Å². The molecule has 1 fully saturated rings. The number of piperidine rings is 1. The van der Waals surface area contributed by atoms with Crippen molar-refractivity contribution in [1.29, 1.82) is 0 Å². The first-order chi connectivity index (χ1) is 11.4. The SMILES string of the molecule is CN=C(NCC1CCN(S(=O)(=O)c2ccccc2)CC1)NC(C)C. The van der Waals surface area contributed by atoms with Crippen LogP contribution in [0.15, 0.2) is 40.2 Å². The molecular formula is C17H28N4O2S. The summed E-state index contributed by atoms with van der Waals surface area (Å²) in [6, 6.07) is 8.99. The molecule has 2 N–H and O–H groups in total. The van der Waals surface area contributed by atoms with Gasteiger partial charge in [-0.25, -0.2) is 8.42 Å². The topological polar surface area (TPSA) is 73.8 Å². The van der Waals surface area contributed by atoms with Crippen molar-refractivity contribution in [2.24, 2.45) is 10.9 Å². The van der Waals surface area contributed by atoms with Gasteiger partial charge in [-0.1, -0.05) is 18.2 Å². The van der Waals surface area contributed by atoms with Gasteiger partial charge in [-0.15, -0.1) is 0 Å². The molecule has 1 aliphatic heterocycles. The number of guanidine groups is 1. The van der Waals surface area contributed by atoms with Crippen molar-refractivity contribution >= 4 is 16.0 Å². The van der Waals surface area contributed by atoms with E-state index in [1.807, 2.05) is 6.07 Å². The standard InChI is InChI=1S/C17H28N4O2S/c1-14(2)20-17(18-3)19-13-15-9-11-21(12-10-15)24(22,23)16-7-5-4-6-8-16/h4-8,14-15H,9-13H2,1-3H3,(H2,18,19,20). The second kappa shape index (κ2) is 8.48. The molecule has 0 atom stereocenters. The van der Waals surface area contributed by atoms with Gasteiger partial charge in [0.1, 0.15) is 0 Å². The highest BCUT2D eigenvalue weighted by atomic mass is 32.2. The van der Waals surface area contributed by atoms with Crippen LogP contribution in [0.2, 0.25) is 0 Å². The molecule has 0 aromatic heterocycles. The van der Waals surface area contributed by atoms with Gasteiger partial charge in [0.05, 0.1) is 4.90 Å². The molecule has 0 unspecified atom stereocenters. The van der Waals surface area contributed by atoms with Crippen LogP contribution in [0.1, 0.15) is 26.7 Å². The Morgan fingerprint density at radius 3 is 2.42 bits per heavy atom. The zero-order valence-corrected chi connectivity index (χ0v) is 15.5. The maximum Gasteiger partial charge on any atom is 0.243 e. The minimum absolute atomic E-state index is 0.328. The fraction of sp³-hybridized carbons (Fsp3) is 0.588. The lowest BCUT2D eigenvalue weighted by atomic mass is 9.98. The fourth-order valence-corrected chi connectivity index (χ4v) is 4.30. The maximum absolute atomic E-state index is 12.6. The molecule has 2 rings (SSSR count). The molecule has 1 aromatic carbocycles. The van der Waals surface area contributed by atoms with Gasteiger partial charge in [0, 0.05) is 32.7 Å². The van der Waals surface area contributed by atoms with E-state index in [0.29, 0.717) is 29.9 Å². The zero-order chi connectivity index (χ0) is 17.6. The van der Waals surface area contributed by atoms with Gasteiger partial charge in [-0.05, 0) is 44.7 Å². The van der Waals surface area contributed by atoms with Crippen molar-refractivity contribution in [2.75, 3.05) is 26.7 Å². The Hall–Kier alpha value is -1.60. The van der Waals surface area contributed by atoms with E-state index in [1.165, 1.54) is 0 Å². The molecule has 0 saturated carbocycles. The number of nitrogens with zero attached hydrogens (tertiary/aromatic N) is 2. The summed E-state index contributed by atoms with van der Waals surface area (Å²) >= 11 is 0. The van der Waals surface area contributed by atoms with E-state index < -0.39 is 10.0 Å². The summed E-state index contributed by atoms with van der Waals surface area (Å²) in [5, 5.41) is 6.58. The number of sulfonamides is 1. The summed E-state index contributed by atoms with van der Waals surface area (Å²) < 4.78 is 26.8. The number of benzene rings is 1. The summed E-state index contributed by atoms with van der Waals surface area (Å²) in [6.45, 7) is 6.09.